The predicted molar refractivity (Wildman–Crippen MR) is 110 cm³/mol. The Bertz CT molecular complexity index is 721. The van der Waals surface area contributed by atoms with Gasteiger partial charge in [0.15, 0.2) is 8.32 Å². The Morgan fingerprint density at radius 1 is 1.29 bits per heavy atom. The van der Waals surface area contributed by atoms with Crippen molar-refractivity contribution in [2.75, 3.05) is 6.61 Å². The van der Waals surface area contributed by atoms with Gasteiger partial charge in [-0.05, 0) is 44.8 Å². The minimum Gasteiger partial charge on any atom is -0.456 e. The lowest BCUT2D eigenvalue weighted by Crippen LogP contribution is -2.48. The molecule has 0 saturated carbocycles. The van der Waals surface area contributed by atoms with Gasteiger partial charge in [0.05, 0.1) is 24.7 Å². The van der Waals surface area contributed by atoms with Gasteiger partial charge >= 0.3 is 11.9 Å². The van der Waals surface area contributed by atoms with Crippen molar-refractivity contribution in [3.63, 3.8) is 0 Å². The van der Waals surface area contributed by atoms with Crippen LogP contribution in [0.1, 0.15) is 59.8 Å². The number of aromatic nitrogens is 2. The van der Waals surface area contributed by atoms with Crippen LogP contribution in [0.4, 0.5) is 0 Å². The van der Waals surface area contributed by atoms with Crippen LogP contribution in [0.15, 0.2) is 6.20 Å². The van der Waals surface area contributed by atoms with E-state index in [1.54, 1.807) is 0 Å². The zero-order chi connectivity index (χ0) is 20.9. The van der Waals surface area contributed by atoms with Crippen molar-refractivity contribution in [1.82, 2.24) is 4.98 Å². The predicted octanol–water partition coefficient (Wildman–Crippen LogP) is 4.17. The molecule has 0 spiro atoms. The zero-order valence-electron chi connectivity index (χ0n) is 18.9. The second kappa shape index (κ2) is 7.57. The number of aryl methyl sites for hydroxylation is 1. The van der Waals surface area contributed by atoms with Crippen molar-refractivity contribution in [3.8, 4) is 11.9 Å². The van der Waals surface area contributed by atoms with Gasteiger partial charge in [0.1, 0.15) is 18.4 Å². The second-order valence-electron chi connectivity index (χ2n) is 9.80. The first-order valence-electron chi connectivity index (χ1n) is 10.5. The van der Waals surface area contributed by atoms with Crippen LogP contribution >= 0.6 is 0 Å². The number of hydrogen-bond acceptors (Lipinski definition) is 5. The highest BCUT2D eigenvalue weighted by Gasteiger charge is 2.50. The summed E-state index contributed by atoms with van der Waals surface area (Å²) in [6, 6.07) is 0.573. The molecule has 0 aliphatic carbocycles. The third-order valence-electron chi connectivity index (χ3n) is 6.79. The first-order valence-corrected chi connectivity index (χ1v) is 13.4. The van der Waals surface area contributed by atoms with Crippen LogP contribution < -0.4 is 14.0 Å². The van der Waals surface area contributed by atoms with E-state index in [0.29, 0.717) is 24.4 Å². The summed E-state index contributed by atoms with van der Waals surface area (Å²) in [4.78, 5) is 4.61. The summed E-state index contributed by atoms with van der Waals surface area (Å²) in [7, 11) is -1.90. The molecule has 3 heterocycles. The highest BCUT2D eigenvalue weighted by atomic mass is 28.4. The average Bonchev–Trinajstić information content (AvgIpc) is 2.91. The SMILES string of the molecule is Cc1c[n+]2c(nc1OC(C)C)O[C@H]1C[C@H]2O[C@@H]1CO[Si](C)(C)C(C)(C)C(C)C. The molecule has 158 valence electrons. The highest BCUT2D eigenvalue weighted by Crippen LogP contribution is 2.45. The molecule has 2 aliphatic rings. The van der Waals surface area contributed by atoms with E-state index in [-0.39, 0.29) is 29.6 Å². The Hall–Kier alpha value is -1.18. The van der Waals surface area contributed by atoms with Crippen LogP contribution in [0.2, 0.25) is 18.1 Å². The number of nitrogens with zero attached hydrogens (tertiary/aromatic N) is 2. The summed E-state index contributed by atoms with van der Waals surface area (Å²) in [5.74, 6) is 1.20. The van der Waals surface area contributed by atoms with Crippen molar-refractivity contribution in [2.24, 2.45) is 5.92 Å². The quantitative estimate of drug-likeness (QED) is 0.500. The smallest absolute Gasteiger partial charge is 0.456 e. The molecule has 28 heavy (non-hydrogen) atoms. The van der Waals surface area contributed by atoms with Gasteiger partial charge < -0.3 is 18.6 Å². The summed E-state index contributed by atoms with van der Waals surface area (Å²) < 4.78 is 26.8. The lowest BCUT2D eigenvalue weighted by Gasteiger charge is -2.43. The van der Waals surface area contributed by atoms with E-state index in [9.17, 15) is 0 Å². The molecule has 1 fully saturated rings. The van der Waals surface area contributed by atoms with Crippen LogP contribution in [0.25, 0.3) is 0 Å². The molecular weight excluding hydrogens is 372 g/mol. The highest BCUT2D eigenvalue weighted by molar-refractivity contribution is 6.74. The van der Waals surface area contributed by atoms with Gasteiger partial charge in [-0.1, -0.05) is 27.7 Å². The monoisotopic (exact) mass is 409 g/mol. The van der Waals surface area contributed by atoms with E-state index in [1.165, 1.54) is 0 Å². The Morgan fingerprint density at radius 3 is 2.57 bits per heavy atom. The summed E-state index contributed by atoms with van der Waals surface area (Å²) >= 11 is 0. The minimum atomic E-state index is -1.90. The molecule has 2 aliphatic heterocycles. The molecule has 3 atom stereocenters. The average molecular weight is 410 g/mol. The topological polar surface area (TPSA) is 53.7 Å². The molecular formula is C21H37N2O4Si+. The maximum atomic E-state index is 6.53. The molecule has 0 radical (unpaired) electrons. The molecule has 1 saturated heterocycles. The third-order valence-corrected chi connectivity index (χ3v) is 11.4. The fourth-order valence-corrected chi connectivity index (χ4v) is 5.98. The van der Waals surface area contributed by atoms with Crippen molar-refractivity contribution >= 4 is 8.32 Å². The zero-order valence-corrected chi connectivity index (χ0v) is 19.9. The lowest BCUT2D eigenvalue weighted by molar-refractivity contribution is -0.769. The van der Waals surface area contributed by atoms with E-state index >= 15 is 0 Å². The summed E-state index contributed by atoms with van der Waals surface area (Å²) in [6.45, 7) is 20.4. The van der Waals surface area contributed by atoms with Gasteiger partial charge in [-0.15, -0.1) is 0 Å². The van der Waals surface area contributed by atoms with Crippen LogP contribution in [0.5, 0.6) is 11.9 Å². The minimum absolute atomic E-state index is 0.0286. The van der Waals surface area contributed by atoms with Crippen LogP contribution in [0, 0.1) is 12.8 Å². The molecule has 0 unspecified atom stereocenters. The lowest BCUT2D eigenvalue weighted by atomic mass is 9.99. The van der Waals surface area contributed by atoms with Crippen molar-refractivity contribution < 1.29 is 23.2 Å². The van der Waals surface area contributed by atoms with E-state index in [4.69, 9.17) is 18.6 Å². The van der Waals surface area contributed by atoms with Crippen LogP contribution in [0.3, 0.4) is 0 Å². The number of fused-ring (bicyclic) bond motifs is 4. The molecule has 1 aromatic heterocycles. The molecule has 3 rings (SSSR count). The largest absolute Gasteiger partial charge is 0.504 e. The summed E-state index contributed by atoms with van der Waals surface area (Å²) in [5, 5.41) is 0.182. The molecule has 6 nitrogen and oxygen atoms in total. The van der Waals surface area contributed by atoms with Crippen LogP contribution in [-0.4, -0.2) is 38.2 Å². The third kappa shape index (κ3) is 3.93. The first-order chi connectivity index (χ1) is 12.9. The van der Waals surface area contributed by atoms with Crippen LogP contribution in [-0.2, 0) is 9.16 Å². The summed E-state index contributed by atoms with van der Waals surface area (Å²) in [6.07, 6.45) is 2.76. The molecule has 0 N–H and O–H groups in total. The summed E-state index contributed by atoms with van der Waals surface area (Å²) in [5.41, 5.74) is 0.982. The Morgan fingerprint density at radius 2 is 1.96 bits per heavy atom. The van der Waals surface area contributed by atoms with Crippen molar-refractivity contribution in [2.45, 2.75) is 97.6 Å². The van der Waals surface area contributed by atoms with E-state index in [1.807, 2.05) is 31.5 Å². The van der Waals surface area contributed by atoms with Gasteiger partial charge in [0, 0.05) is 4.98 Å². The van der Waals surface area contributed by atoms with Gasteiger partial charge in [0.2, 0.25) is 6.23 Å². The van der Waals surface area contributed by atoms with E-state index in [0.717, 1.165) is 12.0 Å². The Balaban J connectivity index is 1.71. The molecule has 2 bridgehead atoms. The van der Waals surface area contributed by atoms with Gasteiger partial charge in [-0.25, -0.2) is 0 Å². The standard InChI is InChI=1S/C21H37N2O4Si/c1-13(2)21(6,7)28(8,9)24-12-17-16-10-18(26-17)23-11-15(5)19(25-14(3)4)22-20(23)27-16/h11,13-14,16-18H,10,12H2,1-9H3/q+1/t16-,17+,18+/m0/s1. The molecule has 7 heteroatoms. The molecule has 0 aromatic carbocycles. The maximum absolute atomic E-state index is 6.53. The number of rotatable bonds is 7. The Kier molecular flexibility index (Phi) is 5.82. The van der Waals surface area contributed by atoms with E-state index in [2.05, 4.69) is 45.8 Å². The van der Waals surface area contributed by atoms with Gasteiger partial charge in [-0.3, -0.25) is 0 Å². The fourth-order valence-electron chi connectivity index (χ4n) is 3.64. The Labute approximate surface area is 170 Å². The molecule has 0 amide bonds. The van der Waals surface area contributed by atoms with Crippen molar-refractivity contribution in [3.05, 3.63) is 11.8 Å². The van der Waals surface area contributed by atoms with Crippen molar-refractivity contribution in [1.29, 1.82) is 0 Å². The fraction of sp³-hybridized carbons (Fsp3) is 0.810. The molecule has 1 aromatic rings. The maximum Gasteiger partial charge on any atom is 0.504 e. The first kappa shape index (κ1) is 21.5. The number of hydrogen-bond donors (Lipinski definition) is 0. The second-order valence-corrected chi connectivity index (χ2v) is 14.4. The van der Waals surface area contributed by atoms with E-state index < -0.39 is 8.32 Å². The normalized spacial score (nSPS) is 24.5. The van der Waals surface area contributed by atoms with Gasteiger partial charge in [0.25, 0.3) is 0 Å². The number of ether oxygens (including phenoxy) is 3. The van der Waals surface area contributed by atoms with Gasteiger partial charge in [-0.2, -0.15) is 4.57 Å².